The van der Waals surface area contributed by atoms with Gasteiger partial charge in [-0.1, -0.05) is 29.8 Å². The Labute approximate surface area is 117 Å². The predicted octanol–water partition coefficient (Wildman–Crippen LogP) is 3.61. The number of aromatic nitrogens is 2. The van der Waals surface area contributed by atoms with E-state index in [1.165, 1.54) is 0 Å². The number of halogens is 2. The monoisotopic (exact) mass is 281 g/mol. The minimum atomic E-state index is -0.628. The van der Waals surface area contributed by atoms with Crippen molar-refractivity contribution in [3.8, 4) is 0 Å². The molecule has 0 saturated carbocycles. The number of aryl methyl sites for hydroxylation is 1. The van der Waals surface area contributed by atoms with E-state index in [1.807, 2.05) is 13.8 Å². The third-order valence-corrected chi connectivity index (χ3v) is 3.42. The molecule has 0 spiro atoms. The fraction of sp³-hybridized carbons (Fsp3) is 0.357. The Morgan fingerprint density at radius 2 is 2.05 bits per heavy atom. The largest absolute Gasteiger partial charge is 0.319 e. The Morgan fingerprint density at radius 3 is 2.68 bits per heavy atom. The first-order valence-electron chi connectivity index (χ1n) is 6.17. The van der Waals surface area contributed by atoms with E-state index in [-0.39, 0.29) is 11.9 Å². The molecule has 1 heterocycles. The summed E-state index contributed by atoms with van der Waals surface area (Å²) in [7, 11) is 0. The minimum Gasteiger partial charge on any atom is -0.319 e. The lowest BCUT2D eigenvalue weighted by molar-refractivity contribution is 0.493. The number of rotatable bonds is 3. The van der Waals surface area contributed by atoms with Gasteiger partial charge in [0.05, 0.1) is 23.0 Å². The fourth-order valence-electron chi connectivity index (χ4n) is 2.11. The lowest BCUT2D eigenvalue weighted by atomic mass is 10.0. The van der Waals surface area contributed by atoms with E-state index in [2.05, 4.69) is 5.10 Å². The summed E-state index contributed by atoms with van der Waals surface area (Å²) in [6.07, 6.45) is 1.55. The molecule has 102 valence electrons. The molecule has 0 radical (unpaired) electrons. The highest BCUT2D eigenvalue weighted by Crippen LogP contribution is 2.30. The van der Waals surface area contributed by atoms with Crippen molar-refractivity contribution in [3.63, 3.8) is 0 Å². The highest BCUT2D eigenvalue weighted by atomic mass is 35.5. The van der Waals surface area contributed by atoms with Crippen LogP contribution in [0.3, 0.4) is 0 Å². The number of hydrogen-bond donors (Lipinski definition) is 1. The van der Waals surface area contributed by atoms with Crippen LogP contribution in [0.5, 0.6) is 0 Å². The average Bonchev–Trinajstić information content (AvgIpc) is 2.74. The highest BCUT2D eigenvalue weighted by molar-refractivity contribution is 6.31. The summed E-state index contributed by atoms with van der Waals surface area (Å²) in [6.45, 7) is 5.67. The molecule has 0 aliphatic rings. The topological polar surface area (TPSA) is 43.8 Å². The van der Waals surface area contributed by atoms with Gasteiger partial charge in [0.1, 0.15) is 5.82 Å². The van der Waals surface area contributed by atoms with Crippen LogP contribution >= 0.6 is 11.6 Å². The highest BCUT2D eigenvalue weighted by Gasteiger charge is 2.22. The average molecular weight is 282 g/mol. The van der Waals surface area contributed by atoms with Crippen molar-refractivity contribution >= 4 is 11.6 Å². The first-order chi connectivity index (χ1) is 8.93. The van der Waals surface area contributed by atoms with Crippen molar-refractivity contribution in [2.75, 3.05) is 0 Å². The molecule has 0 bridgehead atoms. The number of benzene rings is 1. The molecule has 3 nitrogen and oxygen atoms in total. The standard InChI is InChI=1S/C14H17ClFN3/c1-8(2)19-14(11(15)7-18-19)13(17)10-6-4-5-9(3)12(10)16/h4-8,13H,17H2,1-3H3. The molecule has 0 aliphatic carbocycles. The molecular weight excluding hydrogens is 265 g/mol. The fourth-order valence-corrected chi connectivity index (χ4v) is 2.36. The van der Waals surface area contributed by atoms with Gasteiger partial charge in [0.25, 0.3) is 0 Å². The molecule has 5 heteroatoms. The Bertz CT molecular complexity index is 592. The van der Waals surface area contributed by atoms with Gasteiger partial charge < -0.3 is 5.73 Å². The van der Waals surface area contributed by atoms with Crippen LogP contribution < -0.4 is 5.73 Å². The molecule has 1 atom stereocenters. The smallest absolute Gasteiger partial charge is 0.131 e. The molecule has 1 unspecified atom stereocenters. The Balaban J connectivity index is 2.53. The molecule has 1 aromatic carbocycles. The first kappa shape index (κ1) is 14.0. The molecule has 0 aliphatic heterocycles. The zero-order valence-corrected chi connectivity index (χ0v) is 11.9. The minimum absolute atomic E-state index is 0.112. The van der Waals surface area contributed by atoms with Gasteiger partial charge in [0, 0.05) is 11.6 Å². The van der Waals surface area contributed by atoms with Crippen LogP contribution in [0, 0.1) is 12.7 Å². The predicted molar refractivity (Wildman–Crippen MR) is 74.8 cm³/mol. The number of nitrogens with zero attached hydrogens (tertiary/aromatic N) is 2. The van der Waals surface area contributed by atoms with E-state index in [1.54, 1.807) is 36.0 Å². The van der Waals surface area contributed by atoms with Crippen molar-refractivity contribution in [2.24, 2.45) is 5.73 Å². The molecule has 2 rings (SSSR count). The van der Waals surface area contributed by atoms with E-state index in [0.29, 0.717) is 21.8 Å². The first-order valence-corrected chi connectivity index (χ1v) is 6.54. The van der Waals surface area contributed by atoms with Crippen LogP contribution in [0.15, 0.2) is 24.4 Å². The third-order valence-electron chi connectivity index (χ3n) is 3.13. The summed E-state index contributed by atoms with van der Waals surface area (Å²) >= 11 is 6.14. The van der Waals surface area contributed by atoms with Crippen LogP contribution in [-0.4, -0.2) is 9.78 Å². The van der Waals surface area contributed by atoms with Gasteiger partial charge in [0.2, 0.25) is 0 Å². The summed E-state index contributed by atoms with van der Waals surface area (Å²) < 4.78 is 15.9. The molecule has 2 N–H and O–H groups in total. The van der Waals surface area contributed by atoms with Crippen LogP contribution in [-0.2, 0) is 0 Å². The maximum Gasteiger partial charge on any atom is 0.131 e. The second-order valence-electron chi connectivity index (χ2n) is 4.87. The van der Waals surface area contributed by atoms with Gasteiger partial charge in [-0.2, -0.15) is 5.10 Å². The maximum atomic E-state index is 14.2. The molecule has 0 saturated heterocycles. The quantitative estimate of drug-likeness (QED) is 0.934. The van der Waals surface area contributed by atoms with E-state index in [4.69, 9.17) is 17.3 Å². The van der Waals surface area contributed by atoms with Gasteiger partial charge in [0.15, 0.2) is 0 Å². The van der Waals surface area contributed by atoms with E-state index in [0.717, 1.165) is 0 Å². The van der Waals surface area contributed by atoms with Crippen LogP contribution in [0.25, 0.3) is 0 Å². The van der Waals surface area contributed by atoms with Gasteiger partial charge in [-0.15, -0.1) is 0 Å². The van der Waals surface area contributed by atoms with E-state index in [9.17, 15) is 4.39 Å². The van der Waals surface area contributed by atoms with Gasteiger partial charge in [-0.3, -0.25) is 4.68 Å². The second-order valence-corrected chi connectivity index (χ2v) is 5.28. The zero-order chi connectivity index (χ0) is 14.2. The molecule has 1 aromatic heterocycles. The van der Waals surface area contributed by atoms with Crippen molar-refractivity contribution in [3.05, 3.63) is 52.1 Å². The number of hydrogen-bond acceptors (Lipinski definition) is 2. The second kappa shape index (κ2) is 5.31. The summed E-state index contributed by atoms with van der Waals surface area (Å²) in [4.78, 5) is 0. The Hall–Kier alpha value is -1.39. The SMILES string of the molecule is Cc1cccc(C(N)c2c(Cl)cnn2C(C)C)c1F. The lowest BCUT2D eigenvalue weighted by Crippen LogP contribution is -2.20. The van der Waals surface area contributed by atoms with Crippen molar-refractivity contribution < 1.29 is 4.39 Å². The maximum absolute atomic E-state index is 14.2. The molecule has 0 amide bonds. The molecule has 2 aromatic rings. The Morgan fingerprint density at radius 1 is 1.37 bits per heavy atom. The summed E-state index contributed by atoms with van der Waals surface area (Å²) in [5.74, 6) is -0.289. The van der Waals surface area contributed by atoms with E-state index >= 15 is 0 Å². The van der Waals surface area contributed by atoms with Crippen LogP contribution in [0.1, 0.15) is 42.8 Å². The van der Waals surface area contributed by atoms with Gasteiger partial charge in [-0.25, -0.2) is 4.39 Å². The van der Waals surface area contributed by atoms with Crippen molar-refractivity contribution in [1.82, 2.24) is 9.78 Å². The van der Waals surface area contributed by atoms with Crippen LogP contribution in [0.2, 0.25) is 5.02 Å². The summed E-state index contributed by atoms with van der Waals surface area (Å²) in [6, 6.07) is 4.67. The van der Waals surface area contributed by atoms with Gasteiger partial charge >= 0.3 is 0 Å². The zero-order valence-electron chi connectivity index (χ0n) is 11.2. The normalized spacial score (nSPS) is 13.0. The molecule has 19 heavy (non-hydrogen) atoms. The van der Waals surface area contributed by atoms with Crippen molar-refractivity contribution in [2.45, 2.75) is 32.9 Å². The van der Waals surface area contributed by atoms with E-state index < -0.39 is 6.04 Å². The molecule has 0 fully saturated rings. The summed E-state index contributed by atoms with van der Waals surface area (Å²) in [5, 5.41) is 4.66. The van der Waals surface area contributed by atoms with Crippen molar-refractivity contribution in [1.29, 1.82) is 0 Å². The van der Waals surface area contributed by atoms with Crippen LogP contribution in [0.4, 0.5) is 4.39 Å². The summed E-state index contributed by atoms with van der Waals surface area (Å²) in [5.41, 5.74) is 7.83. The lowest BCUT2D eigenvalue weighted by Gasteiger charge is -2.18. The van der Waals surface area contributed by atoms with Gasteiger partial charge in [-0.05, 0) is 26.3 Å². The third kappa shape index (κ3) is 2.51. The number of nitrogens with two attached hydrogens (primary N) is 1. The molecular formula is C14H17ClFN3. The Kier molecular flexibility index (Phi) is 3.92.